The van der Waals surface area contributed by atoms with Crippen LogP contribution in [0.4, 0.5) is 0 Å². The lowest BCUT2D eigenvalue weighted by molar-refractivity contribution is -0.154. The molecule has 1 aromatic heterocycles. The molecule has 0 bridgehead atoms. The topological polar surface area (TPSA) is 109 Å². The van der Waals surface area contributed by atoms with Crippen LogP contribution >= 0.6 is 0 Å². The maximum absolute atomic E-state index is 12.5. The number of furan rings is 1. The number of carbonyl (C=O) groups excluding carboxylic acids is 4. The second-order valence-electron chi connectivity index (χ2n) is 6.41. The maximum Gasteiger partial charge on any atom is 0.313 e. The lowest BCUT2D eigenvalue weighted by atomic mass is 9.88. The Hall–Kier alpha value is -3.10. The van der Waals surface area contributed by atoms with Gasteiger partial charge in [-0.1, -0.05) is 24.3 Å². The highest BCUT2D eigenvalue weighted by Crippen LogP contribution is 2.30. The summed E-state index contributed by atoms with van der Waals surface area (Å²) in [6.07, 6.45) is -0.938. The quantitative estimate of drug-likeness (QED) is 0.371. The molecule has 1 aliphatic carbocycles. The summed E-state index contributed by atoms with van der Waals surface area (Å²) >= 11 is 0. The Morgan fingerprint density at radius 3 is 2.50 bits per heavy atom. The van der Waals surface area contributed by atoms with E-state index < -0.39 is 29.7 Å². The van der Waals surface area contributed by atoms with Gasteiger partial charge in [-0.05, 0) is 6.07 Å². The van der Waals surface area contributed by atoms with Gasteiger partial charge in [0.25, 0.3) is 0 Å². The molecule has 1 atom stereocenters. The second-order valence-corrected chi connectivity index (χ2v) is 6.41. The van der Waals surface area contributed by atoms with E-state index >= 15 is 0 Å². The van der Waals surface area contributed by atoms with Gasteiger partial charge in [0.1, 0.15) is 19.1 Å². The fourth-order valence-corrected chi connectivity index (χ4v) is 3.10. The number of ether oxygens (including phenoxy) is 3. The normalized spacial score (nSPS) is 18.4. The smallest absolute Gasteiger partial charge is 0.313 e. The van der Waals surface area contributed by atoms with Crippen molar-refractivity contribution in [3.63, 3.8) is 0 Å². The van der Waals surface area contributed by atoms with Gasteiger partial charge in [-0.3, -0.25) is 19.2 Å². The third-order valence-electron chi connectivity index (χ3n) is 4.49. The molecule has 2 aliphatic rings. The van der Waals surface area contributed by atoms with Crippen LogP contribution in [0.1, 0.15) is 49.0 Å². The predicted octanol–water partition coefficient (Wildman–Crippen LogP) is 1.59. The van der Waals surface area contributed by atoms with Crippen LogP contribution in [0.3, 0.4) is 0 Å². The van der Waals surface area contributed by atoms with Crippen molar-refractivity contribution in [2.24, 2.45) is 0 Å². The van der Waals surface area contributed by atoms with Crippen molar-refractivity contribution in [2.75, 3.05) is 26.4 Å². The first-order valence-corrected chi connectivity index (χ1v) is 8.75. The number of esters is 1. The maximum atomic E-state index is 12.5. The third kappa shape index (κ3) is 3.39. The van der Waals surface area contributed by atoms with E-state index in [1.165, 1.54) is 12.1 Å². The number of ketones is 3. The molecule has 0 N–H and O–H groups in total. The third-order valence-corrected chi connectivity index (χ3v) is 4.49. The van der Waals surface area contributed by atoms with Gasteiger partial charge in [0, 0.05) is 11.1 Å². The number of Topliss-reactive ketones (excluding diaryl/α,β-unsaturated/α-hetero) is 1. The average molecular weight is 384 g/mol. The summed E-state index contributed by atoms with van der Waals surface area (Å²) in [6, 6.07) is 7.57. The van der Waals surface area contributed by atoms with Gasteiger partial charge in [0.15, 0.2) is 17.3 Å². The molecule has 0 saturated carbocycles. The van der Waals surface area contributed by atoms with Gasteiger partial charge < -0.3 is 18.6 Å². The van der Waals surface area contributed by atoms with Crippen LogP contribution in [0.25, 0.3) is 0 Å². The Morgan fingerprint density at radius 1 is 1.04 bits per heavy atom. The fraction of sp³-hybridized carbons (Fsp3) is 0.300. The molecule has 1 aromatic carbocycles. The van der Waals surface area contributed by atoms with Crippen LogP contribution in [0.2, 0.25) is 0 Å². The van der Waals surface area contributed by atoms with Crippen molar-refractivity contribution in [1.29, 1.82) is 0 Å². The summed E-state index contributed by atoms with van der Waals surface area (Å²) in [5.74, 6) is -2.72. The van der Waals surface area contributed by atoms with E-state index in [1.807, 2.05) is 0 Å². The van der Waals surface area contributed by atoms with Gasteiger partial charge in [-0.25, -0.2) is 0 Å². The lowest BCUT2D eigenvalue weighted by Gasteiger charge is -2.22. The van der Waals surface area contributed by atoms with Crippen molar-refractivity contribution in [2.45, 2.75) is 12.5 Å². The van der Waals surface area contributed by atoms with Gasteiger partial charge >= 0.3 is 5.97 Å². The molecule has 2 aromatic rings. The highest BCUT2D eigenvalue weighted by Gasteiger charge is 2.34. The number of benzene rings is 1. The summed E-state index contributed by atoms with van der Waals surface area (Å²) in [7, 11) is 0. The molecule has 0 radical (unpaired) electrons. The molecule has 1 aliphatic heterocycles. The summed E-state index contributed by atoms with van der Waals surface area (Å²) in [6.45, 7) is 1.21. The largest absolute Gasteiger partial charge is 0.462 e. The highest BCUT2D eigenvalue weighted by atomic mass is 16.6. The highest BCUT2D eigenvalue weighted by molar-refractivity contribution is 6.28. The van der Waals surface area contributed by atoms with Crippen LogP contribution in [-0.2, 0) is 19.0 Å². The van der Waals surface area contributed by atoms with E-state index in [9.17, 15) is 19.2 Å². The van der Waals surface area contributed by atoms with Crippen molar-refractivity contribution >= 4 is 23.3 Å². The van der Waals surface area contributed by atoms with Crippen molar-refractivity contribution in [1.82, 2.24) is 0 Å². The molecule has 0 spiro atoms. The fourth-order valence-electron chi connectivity index (χ4n) is 3.10. The number of carbonyl (C=O) groups is 4. The Morgan fingerprint density at radius 2 is 1.79 bits per heavy atom. The molecule has 28 heavy (non-hydrogen) atoms. The minimum atomic E-state index is -0.755. The molecular formula is C20H16O8. The van der Waals surface area contributed by atoms with Gasteiger partial charge in [0.2, 0.25) is 11.6 Å². The lowest BCUT2D eigenvalue weighted by Crippen LogP contribution is -2.33. The summed E-state index contributed by atoms with van der Waals surface area (Å²) in [5, 5.41) is 0. The molecule has 1 unspecified atom stereocenters. The number of hydrogen-bond acceptors (Lipinski definition) is 8. The van der Waals surface area contributed by atoms with E-state index in [1.54, 1.807) is 18.2 Å². The molecular weight excluding hydrogens is 368 g/mol. The van der Waals surface area contributed by atoms with E-state index in [0.717, 1.165) is 0 Å². The zero-order valence-electron chi connectivity index (χ0n) is 14.8. The Bertz CT molecular complexity index is 912. The van der Waals surface area contributed by atoms with Crippen LogP contribution in [0.5, 0.6) is 0 Å². The Balaban J connectivity index is 1.44. The minimum absolute atomic E-state index is 0.0208. The van der Waals surface area contributed by atoms with E-state index in [4.69, 9.17) is 18.6 Å². The first kappa shape index (κ1) is 18.3. The molecule has 1 fully saturated rings. The first-order chi connectivity index (χ1) is 13.5. The molecule has 4 rings (SSSR count). The molecule has 2 heterocycles. The van der Waals surface area contributed by atoms with E-state index in [2.05, 4.69) is 0 Å². The molecule has 8 heteroatoms. The number of fused-ring (bicyclic) bond motifs is 2. The summed E-state index contributed by atoms with van der Waals surface area (Å²) in [4.78, 5) is 49.3. The van der Waals surface area contributed by atoms with Crippen molar-refractivity contribution < 1.29 is 37.8 Å². The number of hydrogen-bond donors (Lipinski definition) is 0. The number of rotatable bonds is 5. The molecule has 0 amide bonds. The summed E-state index contributed by atoms with van der Waals surface area (Å²) < 4.78 is 20.9. The van der Waals surface area contributed by atoms with Gasteiger partial charge in [-0.2, -0.15) is 0 Å². The minimum Gasteiger partial charge on any atom is -0.462 e. The van der Waals surface area contributed by atoms with Crippen molar-refractivity contribution in [3.05, 3.63) is 58.5 Å². The zero-order chi connectivity index (χ0) is 19.7. The Labute approximate surface area is 159 Å². The SMILES string of the molecule is O=C(CC(=O)c1cc2c(o1)C(=O)c1ccccc1C2=O)OCC1COCCO1. The summed E-state index contributed by atoms with van der Waals surface area (Å²) in [5.41, 5.74) is 0.504. The van der Waals surface area contributed by atoms with E-state index in [-0.39, 0.29) is 40.9 Å². The first-order valence-electron chi connectivity index (χ1n) is 8.75. The molecule has 1 saturated heterocycles. The second kappa shape index (κ2) is 7.49. The molecule has 144 valence electrons. The van der Waals surface area contributed by atoms with Crippen LogP contribution in [-0.4, -0.2) is 55.9 Å². The standard InChI is InChI=1S/C20H16O8/c21-15(8-17(22)27-10-11-9-25-5-6-26-11)16-7-14-18(23)12-3-1-2-4-13(12)19(24)20(14)28-16/h1-4,7,11H,5-6,8-10H2. The van der Waals surface area contributed by atoms with Crippen LogP contribution < -0.4 is 0 Å². The predicted molar refractivity (Wildman–Crippen MR) is 92.5 cm³/mol. The zero-order valence-corrected chi connectivity index (χ0v) is 14.8. The molecule has 8 nitrogen and oxygen atoms in total. The van der Waals surface area contributed by atoms with Crippen LogP contribution in [0.15, 0.2) is 34.7 Å². The van der Waals surface area contributed by atoms with Crippen LogP contribution in [0, 0.1) is 0 Å². The monoisotopic (exact) mass is 384 g/mol. The van der Waals surface area contributed by atoms with E-state index in [0.29, 0.717) is 19.8 Å². The average Bonchev–Trinajstić information content (AvgIpc) is 3.17. The van der Waals surface area contributed by atoms with Crippen molar-refractivity contribution in [3.8, 4) is 0 Å². The van der Waals surface area contributed by atoms with Gasteiger partial charge in [-0.15, -0.1) is 0 Å². The Kier molecular flexibility index (Phi) is 4.89. The van der Waals surface area contributed by atoms with Gasteiger partial charge in [0.05, 0.1) is 25.4 Å².